The topological polar surface area (TPSA) is 69.6 Å². The fraction of sp³-hybridized carbons (Fsp3) is 0.429. The number of hydrogen-bond acceptors (Lipinski definition) is 3. The number of anilines is 1. The maximum Gasteiger partial charge on any atom is 0.243 e. The number of para-hydroxylation sites is 1. The zero-order valence-corrected chi connectivity index (χ0v) is 11.3. The van der Waals surface area contributed by atoms with Crippen LogP contribution in [0.15, 0.2) is 30.3 Å². The van der Waals surface area contributed by atoms with Gasteiger partial charge in [0.25, 0.3) is 0 Å². The molecule has 0 radical (unpaired) electrons. The number of carbonyl (C=O) groups excluding carboxylic acids is 2. The number of benzene rings is 1. The summed E-state index contributed by atoms with van der Waals surface area (Å²) in [5.74, 6) is -0.386. The first-order valence-electron chi connectivity index (χ1n) is 6.26. The normalized spacial score (nSPS) is 11.7. The summed E-state index contributed by atoms with van der Waals surface area (Å²) < 4.78 is 0. The van der Waals surface area contributed by atoms with Gasteiger partial charge in [-0.1, -0.05) is 18.2 Å². The molecule has 1 atom stereocenters. The molecule has 0 heterocycles. The Hall–Kier alpha value is -1.88. The lowest BCUT2D eigenvalue weighted by molar-refractivity contribution is -0.133. The van der Waals surface area contributed by atoms with Crippen LogP contribution in [0.25, 0.3) is 0 Å². The second kappa shape index (κ2) is 7.53. The first kappa shape index (κ1) is 15.2. The van der Waals surface area contributed by atoms with Crippen molar-refractivity contribution in [1.29, 1.82) is 0 Å². The summed E-state index contributed by atoms with van der Waals surface area (Å²) in [4.78, 5) is 24.7. The molecule has 1 unspecified atom stereocenters. The molecule has 104 valence electrons. The van der Waals surface area contributed by atoms with Gasteiger partial charge < -0.3 is 15.3 Å². The monoisotopic (exact) mass is 264 g/mol. The molecule has 1 rings (SSSR count). The number of hydrogen-bond donors (Lipinski definition) is 2. The number of nitrogens with zero attached hydrogens (tertiary/aromatic N) is 1. The highest BCUT2D eigenvalue weighted by Gasteiger charge is 2.13. The molecule has 2 amide bonds. The molecule has 0 aliphatic rings. The molecular formula is C14H20N2O3. The Bertz CT molecular complexity index is 418. The lowest BCUT2D eigenvalue weighted by atomic mass is 10.2. The van der Waals surface area contributed by atoms with Crippen molar-refractivity contribution in [1.82, 2.24) is 4.90 Å². The summed E-state index contributed by atoms with van der Waals surface area (Å²) in [6, 6.07) is 9.09. The quantitative estimate of drug-likeness (QED) is 0.812. The van der Waals surface area contributed by atoms with Crippen molar-refractivity contribution in [3.8, 4) is 0 Å². The molecule has 0 aliphatic heterocycles. The van der Waals surface area contributed by atoms with Crippen molar-refractivity contribution in [3.05, 3.63) is 30.3 Å². The first-order chi connectivity index (χ1) is 8.99. The smallest absolute Gasteiger partial charge is 0.243 e. The summed E-state index contributed by atoms with van der Waals surface area (Å²) >= 11 is 0. The molecule has 5 heteroatoms. The Morgan fingerprint density at radius 1 is 1.32 bits per heavy atom. The van der Waals surface area contributed by atoms with Gasteiger partial charge in [-0.05, 0) is 25.5 Å². The summed E-state index contributed by atoms with van der Waals surface area (Å²) in [5, 5.41) is 11.8. The lowest BCUT2D eigenvalue weighted by Crippen LogP contribution is -2.35. The van der Waals surface area contributed by atoms with Crippen molar-refractivity contribution >= 4 is 17.5 Å². The molecule has 1 aromatic rings. The Morgan fingerprint density at radius 2 is 1.95 bits per heavy atom. The van der Waals surface area contributed by atoms with Crippen LogP contribution in [0.2, 0.25) is 0 Å². The van der Waals surface area contributed by atoms with E-state index in [-0.39, 0.29) is 24.8 Å². The zero-order valence-electron chi connectivity index (χ0n) is 11.3. The van der Waals surface area contributed by atoms with Crippen LogP contribution in [0.3, 0.4) is 0 Å². The maximum absolute atomic E-state index is 11.7. The second-order valence-corrected chi connectivity index (χ2v) is 4.55. The highest BCUT2D eigenvalue weighted by Crippen LogP contribution is 2.05. The summed E-state index contributed by atoms with van der Waals surface area (Å²) in [5.41, 5.74) is 0.706. The third-order valence-corrected chi connectivity index (χ3v) is 2.64. The van der Waals surface area contributed by atoms with Gasteiger partial charge >= 0.3 is 0 Å². The molecule has 0 saturated carbocycles. The van der Waals surface area contributed by atoms with Gasteiger partial charge in [0.1, 0.15) is 0 Å². The van der Waals surface area contributed by atoms with Crippen LogP contribution in [0.1, 0.15) is 19.8 Å². The van der Waals surface area contributed by atoms with Crippen LogP contribution in [0.4, 0.5) is 5.69 Å². The van der Waals surface area contributed by atoms with Crippen molar-refractivity contribution < 1.29 is 14.7 Å². The van der Waals surface area contributed by atoms with E-state index < -0.39 is 6.10 Å². The zero-order chi connectivity index (χ0) is 14.3. The summed E-state index contributed by atoms with van der Waals surface area (Å²) in [6.07, 6.45) is 0.145. The molecule has 0 bridgehead atoms. The first-order valence-corrected chi connectivity index (χ1v) is 6.26. The average Bonchev–Trinajstić information content (AvgIpc) is 2.36. The fourth-order valence-corrected chi connectivity index (χ4v) is 1.55. The highest BCUT2D eigenvalue weighted by molar-refractivity contribution is 5.94. The number of carbonyl (C=O) groups is 2. The number of nitrogens with one attached hydrogen (secondary N) is 1. The summed E-state index contributed by atoms with van der Waals surface area (Å²) in [7, 11) is 1.58. The van der Waals surface area contributed by atoms with Crippen molar-refractivity contribution in [2.24, 2.45) is 0 Å². The number of aliphatic hydroxyl groups is 1. The van der Waals surface area contributed by atoms with E-state index in [2.05, 4.69) is 5.32 Å². The van der Waals surface area contributed by atoms with Gasteiger partial charge in [-0.3, -0.25) is 9.59 Å². The van der Waals surface area contributed by atoms with Crippen molar-refractivity contribution in [2.45, 2.75) is 25.9 Å². The van der Waals surface area contributed by atoms with E-state index in [4.69, 9.17) is 5.11 Å². The number of amides is 2. The van der Waals surface area contributed by atoms with Crippen molar-refractivity contribution in [2.75, 3.05) is 18.9 Å². The van der Waals surface area contributed by atoms with E-state index in [1.165, 1.54) is 4.90 Å². The fourth-order valence-electron chi connectivity index (χ4n) is 1.55. The van der Waals surface area contributed by atoms with E-state index in [0.29, 0.717) is 12.1 Å². The van der Waals surface area contributed by atoms with Gasteiger partial charge in [0.05, 0.1) is 12.6 Å². The molecule has 0 aliphatic carbocycles. The van der Waals surface area contributed by atoms with Crippen LogP contribution in [0.5, 0.6) is 0 Å². The minimum absolute atomic E-state index is 0.00748. The molecule has 1 aromatic carbocycles. The van der Waals surface area contributed by atoms with Crippen LogP contribution in [-0.4, -0.2) is 41.5 Å². The predicted molar refractivity (Wildman–Crippen MR) is 73.6 cm³/mol. The van der Waals surface area contributed by atoms with Gasteiger partial charge in [-0.2, -0.15) is 0 Å². The van der Waals surface area contributed by atoms with Gasteiger partial charge in [-0.15, -0.1) is 0 Å². The number of likely N-dealkylation sites (N-methyl/N-ethyl adjacent to an activating group) is 1. The third kappa shape index (κ3) is 6.01. The molecule has 0 aromatic heterocycles. The highest BCUT2D eigenvalue weighted by atomic mass is 16.3. The molecule has 5 nitrogen and oxygen atoms in total. The van der Waals surface area contributed by atoms with E-state index in [1.807, 2.05) is 18.2 Å². The van der Waals surface area contributed by atoms with Gasteiger partial charge in [0.2, 0.25) is 11.8 Å². The Kier molecular flexibility index (Phi) is 6.02. The number of rotatable bonds is 6. The van der Waals surface area contributed by atoms with E-state index in [1.54, 1.807) is 26.1 Å². The molecular weight excluding hydrogens is 244 g/mol. The minimum atomic E-state index is -0.504. The van der Waals surface area contributed by atoms with Gasteiger partial charge in [-0.25, -0.2) is 0 Å². The van der Waals surface area contributed by atoms with Crippen LogP contribution < -0.4 is 5.32 Å². The van der Waals surface area contributed by atoms with Crippen LogP contribution in [0, 0.1) is 0 Å². The van der Waals surface area contributed by atoms with Gasteiger partial charge in [0.15, 0.2) is 0 Å². The largest absolute Gasteiger partial charge is 0.393 e. The predicted octanol–water partition coefficient (Wildman–Crippen LogP) is 1.24. The van der Waals surface area contributed by atoms with E-state index in [9.17, 15) is 9.59 Å². The van der Waals surface area contributed by atoms with E-state index >= 15 is 0 Å². The Labute approximate surface area is 113 Å². The van der Waals surface area contributed by atoms with Crippen molar-refractivity contribution in [3.63, 3.8) is 0 Å². The van der Waals surface area contributed by atoms with Crippen LogP contribution >= 0.6 is 0 Å². The lowest BCUT2D eigenvalue weighted by Gasteiger charge is -2.17. The summed E-state index contributed by atoms with van der Waals surface area (Å²) in [6.45, 7) is 1.64. The SMILES string of the molecule is CC(O)CCC(=O)N(C)CC(=O)Nc1ccccc1. The Morgan fingerprint density at radius 3 is 2.53 bits per heavy atom. The third-order valence-electron chi connectivity index (χ3n) is 2.64. The molecule has 0 spiro atoms. The Balaban J connectivity index is 2.37. The minimum Gasteiger partial charge on any atom is -0.393 e. The standard InChI is InChI=1S/C14H20N2O3/c1-11(17)8-9-14(19)16(2)10-13(18)15-12-6-4-3-5-7-12/h3-7,11,17H,8-10H2,1-2H3,(H,15,18). The van der Waals surface area contributed by atoms with Gasteiger partial charge in [0, 0.05) is 19.2 Å². The maximum atomic E-state index is 11.7. The average molecular weight is 264 g/mol. The number of aliphatic hydroxyl groups excluding tert-OH is 1. The molecule has 2 N–H and O–H groups in total. The van der Waals surface area contributed by atoms with Crippen LogP contribution in [-0.2, 0) is 9.59 Å². The van der Waals surface area contributed by atoms with E-state index in [0.717, 1.165) is 0 Å². The molecule has 19 heavy (non-hydrogen) atoms. The second-order valence-electron chi connectivity index (χ2n) is 4.55. The molecule has 0 saturated heterocycles. The molecule has 0 fully saturated rings.